The highest BCUT2D eigenvalue weighted by Crippen LogP contribution is 2.44. The summed E-state index contributed by atoms with van der Waals surface area (Å²) in [5, 5.41) is 10.4. The smallest absolute Gasteiger partial charge is 0.268 e. The molecule has 0 bridgehead atoms. The van der Waals surface area contributed by atoms with Gasteiger partial charge in [0.1, 0.15) is 6.10 Å². The Morgan fingerprint density at radius 3 is 2.36 bits per heavy atom. The molecule has 114 valence electrons. The van der Waals surface area contributed by atoms with Crippen LogP contribution in [0.1, 0.15) is 24.2 Å². The van der Waals surface area contributed by atoms with Gasteiger partial charge in [0.25, 0.3) is 10.0 Å². The summed E-state index contributed by atoms with van der Waals surface area (Å²) in [6.45, 7) is 3.63. The molecular formula is C17H17NO3S. The summed E-state index contributed by atoms with van der Waals surface area (Å²) in [6, 6.07) is 13.7. The van der Waals surface area contributed by atoms with Crippen molar-refractivity contribution >= 4 is 15.7 Å². The zero-order valence-electron chi connectivity index (χ0n) is 12.4. The van der Waals surface area contributed by atoms with Gasteiger partial charge in [-0.3, -0.25) is 0 Å². The van der Waals surface area contributed by atoms with Gasteiger partial charge in [0.05, 0.1) is 16.3 Å². The lowest BCUT2D eigenvalue weighted by molar-refractivity contribution is 0.222. The molecule has 0 fully saturated rings. The molecular weight excluding hydrogens is 298 g/mol. The van der Waals surface area contributed by atoms with Gasteiger partial charge >= 0.3 is 0 Å². The third-order valence-electron chi connectivity index (χ3n) is 3.82. The lowest BCUT2D eigenvalue weighted by atomic mass is 10.1. The second-order valence-electron chi connectivity index (χ2n) is 5.26. The molecule has 1 aliphatic rings. The minimum absolute atomic E-state index is 0.210. The average molecular weight is 315 g/mol. The van der Waals surface area contributed by atoms with Crippen molar-refractivity contribution in [2.24, 2.45) is 0 Å². The number of hydrogen-bond acceptors (Lipinski definition) is 3. The topological polar surface area (TPSA) is 57.6 Å². The summed E-state index contributed by atoms with van der Waals surface area (Å²) < 4.78 is 27.2. The molecule has 0 radical (unpaired) electrons. The van der Waals surface area contributed by atoms with Crippen LogP contribution < -0.4 is 4.31 Å². The van der Waals surface area contributed by atoms with Crippen LogP contribution in [0.4, 0.5) is 5.69 Å². The van der Waals surface area contributed by atoms with E-state index in [1.54, 1.807) is 61.5 Å². The second kappa shape index (κ2) is 5.26. The molecule has 1 atom stereocenters. The van der Waals surface area contributed by atoms with E-state index in [9.17, 15) is 13.5 Å². The number of sulfonamides is 1. The van der Waals surface area contributed by atoms with Crippen LogP contribution in [0.2, 0.25) is 0 Å². The molecule has 4 nitrogen and oxygen atoms in total. The van der Waals surface area contributed by atoms with E-state index in [1.807, 2.05) is 6.92 Å². The first-order chi connectivity index (χ1) is 10.5. The van der Waals surface area contributed by atoms with Crippen LogP contribution in [-0.2, 0) is 10.0 Å². The van der Waals surface area contributed by atoms with Crippen molar-refractivity contribution in [3.8, 4) is 0 Å². The number of nitrogens with zero attached hydrogens (tertiary/aromatic N) is 1. The van der Waals surface area contributed by atoms with Gasteiger partial charge in [0.15, 0.2) is 0 Å². The van der Waals surface area contributed by atoms with E-state index >= 15 is 0 Å². The van der Waals surface area contributed by atoms with Gasteiger partial charge < -0.3 is 5.11 Å². The number of aliphatic hydroxyl groups is 1. The van der Waals surface area contributed by atoms with Crippen molar-refractivity contribution in [1.82, 2.24) is 0 Å². The van der Waals surface area contributed by atoms with Crippen LogP contribution in [-0.4, -0.2) is 13.5 Å². The van der Waals surface area contributed by atoms with Crippen LogP contribution in [0.3, 0.4) is 0 Å². The summed E-state index contributed by atoms with van der Waals surface area (Å²) in [5.74, 6) is 0. The molecule has 0 saturated heterocycles. The predicted molar refractivity (Wildman–Crippen MR) is 86.0 cm³/mol. The Labute approximate surface area is 130 Å². The highest BCUT2D eigenvalue weighted by Gasteiger charge is 2.39. The third kappa shape index (κ3) is 2.14. The van der Waals surface area contributed by atoms with Crippen molar-refractivity contribution in [3.05, 3.63) is 71.4 Å². The Hall–Kier alpha value is -2.11. The van der Waals surface area contributed by atoms with Gasteiger partial charge in [-0.1, -0.05) is 42.0 Å². The Balaban J connectivity index is 2.19. The number of hydrogen-bond donors (Lipinski definition) is 1. The van der Waals surface area contributed by atoms with Gasteiger partial charge in [0, 0.05) is 5.56 Å². The minimum atomic E-state index is -3.76. The number of aliphatic hydroxyl groups excluding tert-OH is 1. The van der Waals surface area contributed by atoms with Crippen LogP contribution in [0.15, 0.2) is 65.2 Å². The quantitative estimate of drug-likeness (QED) is 0.926. The maximum Gasteiger partial charge on any atom is 0.268 e. The van der Waals surface area contributed by atoms with Gasteiger partial charge in [-0.25, -0.2) is 12.7 Å². The number of aryl methyl sites for hydroxylation is 1. The van der Waals surface area contributed by atoms with Crippen molar-refractivity contribution in [1.29, 1.82) is 0 Å². The summed E-state index contributed by atoms with van der Waals surface area (Å²) in [6.07, 6.45) is 0.706. The van der Waals surface area contributed by atoms with Gasteiger partial charge in [-0.2, -0.15) is 0 Å². The monoisotopic (exact) mass is 315 g/mol. The molecule has 1 N–H and O–H groups in total. The fourth-order valence-electron chi connectivity index (χ4n) is 2.67. The van der Waals surface area contributed by atoms with Crippen LogP contribution in [0.5, 0.6) is 0 Å². The largest absolute Gasteiger partial charge is 0.382 e. The molecule has 2 aromatic carbocycles. The van der Waals surface area contributed by atoms with E-state index in [2.05, 4.69) is 0 Å². The fraction of sp³-hybridized carbons (Fsp3) is 0.176. The Kier molecular flexibility index (Phi) is 3.54. The Morgan fingerprint density at radius 1 is 1.09 bits per heavy atom. The number of rotatable bonds is 2. The van der Waals surface area contributed by atoms with Crippen molar-refractivity contribution in [2.45, 2.75) is 24.8 Å². The van der Waals surface area contributed by atoms with Crippen molar-refractivity contribution in [2.75, 3.05) is 4.31 Å². The second-order valence-corrected chi connectivity index (χ2v) is 7.04. The summed E-state index contributed by atoms with van der Waals surface area (Å²) in [4.78, 5) is 0.210. The lowest BCUT2D eigenvalue weighted by Gasteiger charge is -2.21. The zero-order valence-corrected chi connectivity index (χ0v) is 13.2. The number of benzene rings is 2. The fourth-order valence-corrected chi connectivity index (χ4v) is 4.27. The first-order valence-corrected chi connectivity index (χ1v) is 8.46. The zero-order chi connectivity index (χ0) is 15.9. The van der Waals surface area contributed by atoms with Crippen LogP contribution >= 0.6 is 0 Å². The van der Waals surface area contributed by atoms with E-state index in [1.165, 1.54) is 4.31 Å². The molecule has 2 aromatic rings. The summed E-state index contributed by atoms with van der Waals surface area (Å²) in [5.41, 5.74) is 2.46. The van der Waals surface area contributed by atoms with E-state index in [0.29, 0.717) is 16.9 Å². The Morgan fingerprint density at radius 2 is 1.73 bits per heavy atom. The molecule has 0 saturated carbocycles. The number of fused-ring (bicyclic) bond motifs is 1. The predicted octanol–water partition coefficient (Wildman–Crippen LogP) is 3.14. The van der Waals surface area contributed by atoms with Crippen molar-refractivity contribution < 1.29 is 13.5 Å². The molecule has 0 aromatic heterocycles. The van der Waals surface area contributed by atoms with E-state index in [4.69, 9.17) is 0 Å². The maximum atomic E-state index is 13.0. The summed E-state index contributed by atoms with van der Waals surface area (Å²) >= 11 is 0. The van der Waals surface area contributed by atoms with Crippen molar-refractivity contribution in [3.63, 3.8) is 0 Å². The third-order valence-corrected chi connectivity index (χ3v) is 5.58. The highest BCUT2D eigenvalue weighted by atomic mass is 32.2. The Bertz CT molecular complexity index is 838. The molecule has 1 heterocycles. The number of para-hydroxylation sites is 1. The average Bonchev–Trinajstić information content (AvgIpc) is 2.81. The lowest BCUT2D eigenvalue weighted by Crippen LogP contribution is -2.28. The van der Waals surface area contributed by atoms with Crippen LogP contribution in [0, 0.1) is 6.92 Å². The molecule has 3 rings (SSSR count). The molecule has 5 heteroatoms. The molecule has 1 aliphatic heterocycles. The number of anilines is 1. The van der Waals surface area contributed by atoms with Crippen LogP contribution in [0.25, 0.3) is 0 Å². The van der Waals surface area contributed by atoms with Gasteiger partial charge in [-0.05, 0) is 32.0 Å². The first kappa shape index (κ1) is 14.8. The van der Waals surface area contributed by atoms with Gasteiger partial charge in [-0.15, -0.1) is 0 Å². The minimum Gasteiger partial charge on any atom is -0.382 e. The normalized spacial score (nSPS) is 19.5. The molecule has 0 aliphatic carbocycles. The SMILES string of the molecule is C/C=C1/C(O)c2ccccc2N1S(=O)(=O)c1ccc(C)cc1. The highest BCUT2D eigenvalue weighted by molar-refractivity contribution is 7.93. The van der Waals surface area contributed by atoms with E-state index in [-0.39, 0.29) is 4.90 Å². The molecule has 22 heavy (non-hydrogen) atoms. The molecule has 1 unspecified atom stereocenters. The van der Waals surface area contributed by atoms with E-state index < -0.39 is 16.1 Å². The summed E-state index contributed by atoms with van der Waals surface area (Å²) in [7, 11) is -3.76. The first-order valence-electron chi connectivity index (χ1n) is 7.02. The maximum absolute atomic E-state index is 13.0. The molecule has 0 amide bonds. The standard InChI is InChI=1S/C17H17NO3S/c1-3-15-17(19)14-6-4-5-7-16(14)18(15)22(20,21)13-10-8-12(2)9-11-13/h3-11,17,19H,1-2H3/b15-3-. The molecule has 0 spiro atoms. The van der Waals surface area contributed by atoms with E-state index in [0.717, 1.165) is 5.56 Å². The number of allylic oxidation sites excluding steroid dienone is 1. The van der Waals surface area contributed by atoms with Gasteiger partial charge in [0.2, 0.25) is 0 Å².